The first kappa shape index (κ1) is 53.8. The molecule has 0 aromatic rings. The summed E-state index contributed by atoms with van der Waals surface area (Å²) in [5, 5.41) is 18.7. The Hall–Kier alpha value is -2.25. The maximum atomic E-state index is 11.7. The van der Waals surface area contributed by atoms with Crippen molar-refractivity contribution in [1.29, 1.82) is 0 Å². The highest BCUT2D eigenvalue weighted by Gasteiger charge is 2.58. The third-order valence-corrected chi connectivity index (χ3v) is 9.84. The van der Waals surface area contributed by atoms with Crippen LogP contribution < -0.4 is 0 Å². The Morgan fingerprint density at radius 1 is 0.638 bits per heavy atom. The Morgan fingerprint density at radius 3 is 1.45 bits per heavy atom. The zero-order valence-electron chi connectivity index (χ0n) is 34.5. The van der Waals surface area contributed by atoms with Gasteiger partial charge in [-0.15, -0.1) is 6.58 Å². The number of carbonyl (C=O) groups excluding carboxylic acids is 3. The van der Waals surface area contributed by atoms with E-state index in [4.69, 9.17) is 57.2 Å². The molecule has 7 rings (SSSR count). The zero-order chi connectivity index (χ0) is 41.4. The molecule has 0 amide bonds. The largest absolute Gasteiger partial charge is 0.456 e. The second-order valence-electron chi connectivity index (χ2n) is 17.1. The van der Waals surface area contributed by atoms with Crippen molar-refractivity contribution in [2.45, 2.75) is 203 Å². The lowest BCUT2D eigenvalue weighted by Crippen LogP contribution is -2.58. The number of aliphatic hydroxyl groups is 2. The van der Waals surface area contributed by atoms with Crippen LogP contribution in [0.5, 0.6) is 0 Å². The fraction of sp³-hybridized carbons (Fsp3) is 0.881. The van der Waals surface area contributed by atoms with Gasteiger partial charge in [0.05, 0.1) is 31.0 Å². The predicted octanol–water partition coefficient (Wildman–Crippen LogP) is 5.08. The first-order valence-electron chi connectivity index (χ1n) is 19.3. The summed E-state index contributed by atoms with van der Waals surface area (Å²) in [6.07, 6.45) is -3.72. The summed E-state index contributed by atoms with van der Waals surface area (Å²) in [6, 6.07) is 0. The van der Waals surface area contributed by atoms with Crippen molar-refractivity contribution in [1.82, 2.24) is 0 Å². The smallest absolute Gasteiger partial charge is 0.311 e. The molecule has 340 valence electrons. The molecular weight excluding hydrogens is 760 g/mol. The summed E-state index contributed by atoms with van der Waals surface area (Å²) in [5.41, 5.74) is 0. The normalized spacial score (nSPS) is 40.1. The van der Waals surface area contributed by atoms with E-state index in [2.05, 4.69) is 27.4 Å². The molecule has 16 nitrogen and oxygen atoms in total. The van der Waals surface area contributed by atoms with E-state index in [9.17, 15) is 19.5 Å². The SMILES string of the molecule is C.C.C.C=CC1OC(C)(C)OC2C(C)C(=O)OC12.CC(C)C.CC1C(=O)OC2C(C(O)CO)OC(C)(C)OC12.CC1OCC(C2OC(C)(C)OC3C(C)C(=O)OC23)O1. The number of carbonyl (C=O) groups is 3. The molecule has 7 saturated heterocycles. The molecule has 7 aliphatic rings. The van der Waals surface area contributed by atoms with Gasteiger partial charge in [0.2, 0.25) is 0 Å². The lowest BCUT2D eigenvalue weighted by atomic mass is 9.95. The van der Waals surface area contributed by atoms with Gasteiger partial charge in [0.15, 0.2) is 42.0 Å². The van der Waals surface area contributed by atoms with Gasteiger partial charge in [0, 0.05) is 0 Å². The van der Waals surface area contributed by atoms with Crippen LogP contribution >= 0.6 is 0 Å². The average Bonchev–Trinajstić information content (AvgIpc) is 3.80. The highest BCUT2D eigenvalue weighted by molar-refractivity contribution is 5.76. The van der Waals surface area contributed by atoms with Crippen LogP contribution in [0.15, 0.2) is 12.7 Å². The molecule has 0 aromatic heterocycles. The van der Waals surface area contributed by atoms with E-state index < -0.39 is 60.4 Å². The van der Waals surface area contributed by atoms with Crippen molar-refractivity contribution in [2.75, 3.05) is 13.2 Å². The van der Waals surface area contributed by atoms with Gasteiger partial charge in [0.1, 0.15) is 48.8 Å². The molecule has 15 atom stereocenters. The van der Waals surface area contributed by atoms with Crippen LogP contribution in [0.3, 0.4) is 0 Å². The van der Waals surface area contributed by atoms with Crippen molar-refractivity contribution in [3.05, 3.63) is 12.7 Å². The molecule has 0 bridgehead atoms. The van der Waals surface area contributed by atoms with Gasteiger partial charge in [-0.25, -0.2) is 0 Å². The molecule has 0 aromatic carbocycles. The van der Waals surface area contributed by atoms with E-state index in [1.54, 1.807) is 26.8 Å². The molecular formula is C42H76O16. The fourth-order valence-corrected chi connectivity index (χ4v) is 7.30. The molecule has 0 saturated carbocycles. The van der Waals surface area contributed by atoms with Crippen molar-refractivity contribution in [3.63, 3.8) is 0 Å². The monoisotopic (exact) mass is 837 g/mol. The van der Waals surface area contributed by atoms with E-state index in [-0.39, 0.29) is 94.9 Å². The third-order valence-electron chi connectivity index (χ3n) is 9.84. The van der Waals surface area contributed by atoms with Crippen molar-refractivity contribution in [2.24, 2.45) is 23.7 Å². The van der Waals surface area contributed by atoms with Crippen LogP contribution in [-0.4, -0.2) is 132 Å². The second-order valence-corrected chi connectivity index (χ2v) is 17.1. The minimum absolute atomic E-state index is 0. The van der Waals surface area contributed by atoms with E-state index in [1.165, 1.54) is 0 Å². The lowest BCUT2D eigenvalue weighted by molar-refractivity contribution is -0.338. The van der Waals surface area contributed by atoms with Gasteiger partial charge < -0.3 is 62.3 Å². The summed E-state index contributed by atoms with van der Waals surface area (Å²) in [4.78, 5) is 34.7. The Bertz CT molecular complexity index is 1350. The average molecular weight is 837 g/mol. The topological polar surface area (TPSA) is 193 Å². The Morgan fingerprint density at radius 2 is 1.02 bits per heavy atom. The highest BCUT2D eigenvalue weighted by atomic mass is 16.8. The summed E-state index contributed by atoms with van der Waals surface area (Å²) in [6.45, 7) is 28.1. The number of rotatable bonds is 4. The molecule has 16 heteroatoms. The first-order chi connectivity index (χ1) is 25.4. The van der Waals surface area contributed by atoms with Crippen molar-refractivity contribution < 1.29 is 76.7 Å². The number of esters is 3. The van der Waals surface area contributed by atoms with E-state index in [0.717, 1.165) is 5.92 Å². The van der Waals surface area contributed by atoms with Gasteiger partial charge in [-0.1, -0.05) is 49.1 Å². The fourth-order valence-electron chi connectivity index (χ4n) is 7.30. The van der Waals surface area contributed by atoms with Crippen LogP contribution in [0.25, 0.3) is 0 Å². The van der Waals surface area contributed by atoms with Crippen molar-refractivity contribution >= 4 is 17.9 Å². The Kier molecular flexibility index (Phi) is 19.5. The molecule has 15 unspecified atom stereocenters. The van der Waals surface area contributed by atoms with Crippen LogP contribution in [-0.2, 0) is 66.5 Å². The van der Waals surface area contributed by atoms with Crippen LogP contribution in [0.4, 0.5) is 0 Å². The third kappa shape index (κ3) is 12.6. The van der Waals surface area contributed by atoms with Gasteiger partial charge in [-0.2, -0.15) is 0 Å². The second kappa shape index (κ2) is 21.0. The van der Waals surface area contributed by atoms with Gasteiger partial charge in [-0.05, 0) is 75.2 Å². The van der Waals surface area contributed by atoms with Gasteiger partial charge >= 0.3 is 17.9 Å². The molecule has 2 N–H and O–H groups in total. The van der Waals surface area contributed by atoms with Crippen LogP contribution in [0, 0.1) is 23.7 Å². The van der Waals surface area contributed by atoms with Crippen LogP contribution in [0.2, 0.25) is 0 Å². The lowest BCUT2D eigenvalue weighted by Gasteiger charge is -2.44. The Balaban J connectivity index is 0.000000407. The quantitative estimate of drug-likeness (QED) is 0.216. The maximum Gasteiger partial charge on any atom is 0.311 e. The summed E-state index contributed by atoms with van der Waals surface area (Å²) >= 11 is 0. The first-order valence-corrected chi connectivity index (χ1v) is 19.3. The number of aliphatic hydroxyl groups excluding tert-OH is 2. The molecule has 58 heavy (non-hydrogen) atoms. The minimum Gasteiger partial charge on any atom is -0.456 e. The number of fused-ring (bicyclic) bond motifs is 3. The predicted molar refractivity (Wildman–Crippen MR) is 213 cm³/mol. The minimum atomic E-state index is -1.09. The highest BCUT2D eigenvalue weighted by Crippen LogP contribution is 2.41. The van der Waals surface area contributed by atoms with Gasteiger partial charge in [0.25, 0.3) is 0 Å². The number of hydrogen-bond donors (Lipinski definition) is 2. The Labute approximate surface area is 346 Å². The van der Waals surface area contributed by atoms with Gasteiger partial charge in [-0.3, -0.25) is 14.4 Å². The van der Waals surface area contributed by atoms with Crippen LogP contribution in [0.1, 0.15) is 112 Å². The molecule has 0 spiro atoms. The molecule has 7 fully saturated rings. The van der Waals surface area contributed by atoms with E-state index in [0.29, 0.717) is 6.61 Å². The molecule has 7 heterocycles. The maximum absolute atomic E-state index is 11.7. The van der Waals surface area contributed by atoms with E-state index >= 15 is 0 Å². The number of hydrogen-bond acceptors (Lipinski definition) is 16. The summed E-state index contributed by atoms with van der Waals surface area (Å²) < 4.78 is 61.1. The molecule has 0 radical (unpaired) electrons. The summed E-state index contributed by atoms with van der Waals surface area (Å²) in [5.74, 6) is -3.27. The molecule has 7 aliphatic heterocycles. The number of ether oxygens (including phenoxy) is 11. The molecule has 0 aliphatic carbocycles. The summed E-state index contributed by atoms with van der Waals surface area (Å²) in [7, 11) is 0. The van der Waals surface area contributed by atoms with Crippen molar-refractivity contribution in [3.8, 4) is 0 Å². The standard InChI is InChI=1S/C13H20O6.C11H18O6.C11H16O4.C4H10.3CH4/c1-6-9-11(17-12(6)14)10(19-13(3,4)18-9)8-5-15-7(2)16-8;1-5-7-9(15-10(5)14)8(6(13)4-12)17-11(2,3)16-7;1-5-7-9-8(6(2)10(12)13-9)15-11(3,4)14-7;1-4(2)3;;;/h6-11H,5H2,1-4H3;5-9,12-13H,4H2,1-3H3;5-9H,1H2,2-4H3;4H,1-3H3;3*1H4. The zero-order valence-corrected chi connectivity index (χ0v) is 34.5. The van der Waals surface area contributed by atoms with E-state index in [1.807, 2.05) is 48.5 Å².